The average molecular weight is 459 g/mol. The molecule has 0 aliphatic rings. The maximum atomic E-state index is 12.1. The molecule has 1 aromatic carbocycles. The second-order valence-corrected chi connectivity index (χ2v) is 7.45. The summed E-state index contributed by atoms with van der Waals surface area (Å²) in [5.41, 5.74) is -0.126. The fourth-order valence-corrected chi connectivity index (χ4v) is 3.36. The van der Waals surface area contributed by atoms with E-state index in [1.165, 1.54) is 23.0 Å². The van der Waals surface area contributed by atoms with Gasteiger partial charge in [-0.25, -0.2) is 4.79 Å². The van der Waals surface area contributed by atoms with Gasteiger partial charge in [0.1, 0.15) is 6.33 Å². The van der Waals surface area contributed by atoms with Crippen molar-refractivity contribution in [3.63, 3.8) is 0 Å². The van der Waals surface area contributed by atoms with Crippen LogP contribution >= 0.6 is 23.2 Å². The lowest BCUT2D eigenvalue weighted by Gasteiger charge is -2.13. The first-order chi connectivity index (χ1) is 14.8. The van der Waals surface area contributed by atoms with E-state index in [2.05, 4.69) is 25.2 Å². The van der Waals surface area contributed by atoms with E-state index in [0.29, 0.717) is 5.65 Å². The van der Waals surface area contributed by atoms with Crippen molar-refractivity contribution >= 4 is 34.7 Å². The Kier molecular flexibility index (Phi) is 5.18. The molecule has 13 heteroatoms. The highest BCUT2D eigenvalue weighted by Crippen LogP contribution is 2.38. The number of nitrogens with zero attached hydrogens (tertiary/aromatic N) is 7. The third-order valence-electron chi connectivity index (χ3n) is 4.25. The van der Waals surface area contributed by atoms with Crippen LogP contribution in [0.2, 0.25) is 10.0 Å². The van der Waals surface area contributed by atoms with Crippen molar-refractivity contribution < 1.29 is 4.74 Å². The van der Waals surface area contributed by atoms with Crippen molar-refractivity contribution in [3.8, 4) is 17.3 Å². The van der Waals surface area contributed by atoms with Crippen molar-refractivity contribution in [1.29, 1.82) is 0 Å². The van der Waals surface area contributed by atoms with Crippen LogP contribution < -0.4 is 16.0 Å². The molecular weight excluding hydrogens is 447 g/mol. The largest absolute Gasteiger partial charge is 0.434 e. The number of rotatable bonds is 4. The average Bonchev–Trinajstić information content (AvgIpc) is 3.18. The topological polar surface area (TPSA) is 124 Å². The second-order valence-electron chi connectivity index (χ2n) is 6.64. The number of nitrogens with one attached hydrogen (secondary N) is 1. The summed E-state index contributed by atoms with van der Waals surface area (Å²) in [5.74, 6) is -0.0632. The molecule has 0 fully saturated rings. The van der Waals surface area contributed by atoms with Gasteiger partial charge in [-0.05, 0) is 23.1 Å². The highest BCUT2D eigenvalue weighted by atomic mass is 35.5. The van der Waals surface area contributed by atoms with Gasteiger partial charge in [0.25, 0.3) is 5.56 Å². The van der Waals surface area contributed by atoms with Crippen LogP contribution in [0, 0.1) is 6.57 Å². The number of aromatic amines is 1. The molecule has 0 amide bonds. The summed E-state index contributed by atoms with van der Waals surface area (Å²) in [4.78, 5) is 28.7. The van der Waals surface area contributed by atoms with Crippen LogP contribution in [-0.4, -0.2) is 34.6 Å². The first kappa shape index (κ1) is 20.5. The molecule has 3 heterocycles. The fraction of sp³-hybridized carbons (Fsp3) is 0.167. The lowest BCUT2D eigenvalue weighted by molar-refractivity contribution is 0.451. The number of hydrogen-bond acceptors (Lipinski definition) is 7. The van der Waals surface area contributed by atoms with E-state index in [0.717, 1.165) is 10.2 Å². The van der Waals surface area contributed by atoms with E-state index >= 15 is 0 Å². The van der Waals surface area contributed by atoms with Gasteiger partial charge in [-0.1, -0.05) is 43.6 Å². The number of hydrogen-bond donors (Lipinski definition) is 1. The monoisotopic (exact) mass is 458 g/mol. The Morgan fingerprint density at radius 1 is 1.16 bits per heavy atom. The maximum absolute atomic E-state index is 12.1. The molecule has 1 N–H and O–H groups in total. The molecule has 0 saturated carbocycles. The quantitative estimate of drug-likeness (QED) is 0.465. The summed E-state index contributed by atoms with van der Waals surface area (Å²) >= 11 is 12.7. The zero-order valence-electron chi connectivity index (χ0n) is 16.0. The lowest BCUT2D eigenvalue weighted by Crippen LogP contribution is -2.30. The molecule has 0 aliphatic carbocycles. The number of fused-ring (bicyclic) bond motifs is 1. The molecule has 4 aromatic rings. The Labute approximate surface area is 183 Å². The van der Waals surface area contributed by atoms with Gasteiger partial charge in [-0.15, -0.1) is 20.0 Å². The van der Waals surface area contributed by atoms with E-state index in [9.17, 15) is 9.59 Å². The SMILES string of the molecule is [C-]#[N+]c1nn(-c2cc(Cl)c(Oc3cc(C(C)C)c4nncn4n3)c(Cl)c2)c(=O)[nH]c1=O. The molecule has 4 rings (SSSR count). The Balaban J connectivity index is 1.78. The summed E-state index contributed by atoms with van der Waals surface area (Å²) < 4.78 is 8.12. The van der Waals surface area contributed by atoms with Crippen LogP contribution in [0.4, 0.5) is 5.82 Å². The third kappa shape index (κ3) is 3.74. The zero-order chi connectivity index (χ0) is 22.3. The first-order valence-electron chi connectivity index (χ1n) is 8.78. The van der Waals surface area contributed by atoms with Gasteiger partial charge in [0.05, 0.1) is 15.7 Å². The Hall–Kier alpha value is -3.75. The van der Waals surface area contributed by atoms with E-state index in [-0.39, 0.29) is 33.3 Å². The van der Waals surface area contributed by atoms with Gasteiger partial charge in [-0.3, -0.25) is 9.78 Å². The van der Waals surface area contributed by atoms with Crippen molar-refractivity contribution in [3.05, 3.63) is 72.4 Å². The van der Waals surface area contributed by atoms with Gasteiger partial charge >= 0.3 is 11.5 Å². The van der Waals surface area contributed by atoms with Crippen LogP contribution in [0.3, 0.4) is 0 Å². The molecule has 31 heavy (non-hydrogen) atoms. The molecule has 156 valence electrons. The van der Waals surface area contributed by atoms with Gasteiger partial charge in [0.2, 0.25) is 5.88 Å². The summed E-state index contributed by atoms with van der Waals surface area (Å²) in [6, 6.07) is 4.44. The molecule has 0 aliphatic heterocycles. The fourth-order valence-electron chi connectivity index (χ4n) is 2.81. The van der Waals surface area contributed by atoms with E-state index in [1.54, 1.807) is 6.07 Å². The number of ether oxygens (including phenoxy) is 1. The van der Waals surface area contributed by atoms with Crippen LogP contribution in [-0.2, 0) is 0 Å². The number of aromatic nitrogens is 7. The van der Waals surface area contributed by atoms with Crippen molar-refractivity contribution in [2.75, 3.05) is 0 Å². The molecule has 0 saturated heterocycles. The van der Waals surface area contributed by atoms with Crippen molar-refractivity contribution in [2.24, 2.45) is 0 Å². The van der Waals surface area contributed by atoms with Crippen LogP contribution in [0.25, 0.3) is 16.2 Å². The lowest BCUT2D eigenvalue weighted by atomic mass is 10.1. The summed E-state index contributed by atoms with van der Waals surface area (Å²) in [7, 11) is 0. The minimum absolute atomic E-state index is 0.0588. The van der Waals surface area contributed by atoms with E-state index in [1.807, 2.05) is 18.8 Å². The van der Waals surface area contributed by atoms with Gasteiger partial charge in [0, 0.05) is 11.6 Å². The molecule has 0 spiro atoms. The number of H-pyrrole nitrogens is 1. The standard InChI is InChI=1S/C18H12Cl2N8O3/c1-8(2)10-6-13(25-27-7-22-24-16(10)27)31-14-11(19)4-9(5-12(14)20)28-18(30)23-17(29)15(21-3)26-28/h4-8H,1-2H3,(H,23,29,30). The molecule has 0 radical (unpaired) electrons. The van der Waals surface area contributed by atoms with Crippen LogP contribution in [0.5, 0.6) is 11.6 Å². The molecular formula is C18H12Cl2N8O3. The first-order valence-corrected chi connectivity index (χ1v) is 9.53. The number of halogens is 2. The minimum atomic E-state index is -0.884. The summed E-state index contributed by atoms with van der Waals surface area (Å²) in [5, 5.41) is 16.1. The number of benzene rings is 1. The highest BCUT2D eigenvalue weighted by Gasteiger charge is 2.18. The van der Waals surface area contributed by atoms with Gasteiger partial charge < -0.3 is 9.58 Å². The second kappa shape index (κ2) is 7.82. The smallest absolute Gasteiger partial charge is 0.365 e. The highest BCUT2D eigenvalue weighted by molar-refractivity contribution is 6.37. The zero-order valence-corrected chi connectivity index (χ0v) is 17.5. The predicted octanol–water partition coefficient (Wildman–Crippen LogP) is 3.13. The van der Waals surface area contributed by atoms with Gasteiger partial charge in [-0.2, -0.15) is 4.52 Å². The van der Waals surface area contributed by atoms with E-state index in [4.69, 9.17) is 34.5 Å². The molecule has 0 unspecified atom stereocenters. The molecule has 11 nitrogen and oxygen atoms in total. The van der Waals surface area contributed by atoms with Crippen molar-refractivity contribution in [1.82, 2.24) is 34.6 Å². The predicted molar refractivity (Wildman–Crippen MR) is 112 cm³/mol. The van der Waals surface area contributed by atoms with Gasteiger partial charge in [0.15, 0.2) is 11.4 Å². The minimum Gasteiger partial charge on any atom is -0.434 e. The third-order valence-corrected chi connectivity index (χ3v) is 4.81. The Morgan fingerprint density at radius 2 is 1.87 bits per heavy atom. The molecule has 0 bridgehead atoms. The summed E-state index contributed by atoms with van der Waals surface area (Å²) in [6.07, 6.45) is 1.45. The normalized spacial score (nSPS) is 11.1. The van der Waals surface area contributed by atoms with E-state index < -0.39 is 17.1 Å². The van der Waals surface area contributed by atoms with Crippen molar-refractivity contribution in [2.45, 2.75) is 19.8 Å². The Morgan fingerprint density at radius 3 is 2.52 bits per heavy atom. The van der Waals surface area contributed by atoms with Crippen LogP contribution in [0.1, 0.15) is 25.3 Å². The summed E-state index contributed by atoms with van der Waals surface area (Å²) in [6.45, 7) is 11.0. The Bertz CT molecular complexity index is 1460. The maximum Gasteiger partial charge on any atom is 0.365 e. The molecule has 3 aromatic heterocycles. The molecule has 0 atom stereocenters. The van der Waals surface area contributed by atoms with Crippen LogP contribution in [0.15, 0.2) is 34.1 Å².